The van der Waals surface area contributed by atoms with Crippen LogP contribution in [0.4, 0.5) is 13.2 Å². The Kier molecular flexibility index (Phi) is 6.64. The van der Waals surface area contributed by atoms with Crippen molar-refractivity contribution >= 4 is 5.91 Å². The van der Waals surface area contributed by atoms with Crippen LogP contribution in [0.5, 0.6) is 0 Å². The number of hydroxylamine groups is 1. The molecule has 1 aliphatic heterocycles. The van der Waals surface area contributed by atoms with Gasteiger partial charge >= 0.3 is 6.18 Å². The normalized spacial score (nSPS) is 20.3. The summed E-state index contributed by atoms with van der Waals surface area (Å²) in [6, 6.07) is 0. The minimum Gasteiger partial charge on any atom is -0.315 e. The van der Waals surface area contributed by atoms with Gasteiger partial charge in [-0.15, -0.1) is 0 Å². The Bertz CT molecular complexity index is 430. The zero-order valence-corrected chi connectivity index (χ0v) is 11.8. The summed E-state index contributed by atoms with van der Waals surface area (Å²) in [5.74, 6) is -0.153. The van der Waals surface area contributed by atoms with Crippen LogP contribution >= 0.6 is 0 Å². The van der Waals surface area contributed by atoms with Gasteiger partial charge in [0.05, 0.1) is 6.54 Å². The number of hydrogen-bond acceptors (Lipinski definition) is 3. The molecule has 1 rings (SSSR count). The predicted octanol–water partition coefficient (Wildman–Crippen LogP) is 2.71. The highest BCUT2D eigenvalue weighted by Gasteiger charge is 2.33. The van der Waals surface area contributed by atoms with E-state index in [4.69, 9.17) is 4.84 Å². The van der Waals surface area contributed by atoms with E-state index in [0.717, 1.165) is 12.5 Å². The number of amides is 1. The predicted molar refractivity (Wildman–Crippen MR) is 73.0 cm³/mol. The van der Waals surface area contributed by atoms with Gasteiger partial charge in [0.15, 0.2) is 6.23 Å². The molecule has 0 aromatic rings. The highest BCUT2D eigenvalue weighted by molar-refractivity contribution is 5.73. The number of likely N-dealkylation sites (tertiary alicyclic amines) is 1. The Morgan fingerprint density at radius 3 is 2.76 bits per heavy atom. The van der Waals surface area contributed by atoms with Crippen LogP contribution in [-0.2, 0) is 9.63 Å². The van der Waals surface area contributed by atoms with Crippen molar-refractivity contribution in [2.75, 3.05) is 13.1 Å². The van der Waals surface area contributed by atoms with Gasteiger partial charge in [-0.2, -0.15) is 18.7 Å². The summed E-state index contributed by atoms with van der Waals surface area (Å²) in [6.45, 7) is 4.86. The molecule has 7 heteroatoms. The summed E-state index contributed by atoms with van der Waals surface area (Å²) in [5.41, 5.74) is 1.53. The molecule has 0 spiro atoms. The van der Waals surface area contributed by atoms with E-state index in [-0.39, 0.29) is 5.91 Å². The Morgan fingerprint density at radius 1 is 1.48 bits per heavy atom. The van der Waals surface area contributed by atoms with Gasteiger partial charge in [-0.3, -0.25) is 9.63 Å². The van der Waals surface area contributed by atoms with Crippen LogP contribution in [-0.4, -0.2) is 36.3 Å². The van der Waals surface area contributed by atoms with E-state index in [1.54, 1.807) is 0 Å². The zero-order chi connectivity index (χ0) is 15.9. The van der Waals surface area contributed by atoms with Crippen molar-refractivity contribution in [3.63, 3.8) is 0 Å². The van der Waals surface area contributed by atoms with Gasteiger partial charge in [-0.1, -0.05) is 30.9 Å². The fourth-order valence-corrected chi connectivity index (χ4v) is 1.94. The van der Waals surface area contributed by atoms with Crippen molar-refractivity contribution in [1.29, 1.82) is 0 Å². The molecule has 1 fully saturated rings. The number of halogens is 3. The second kappa shape index (κ2) is 7.99. The average molecular weight is 304 g/mol. The number of allylic oxidation sites excluding steroid dienone is 4. The third-order valence-corrected chi connectivity index (χ3v) is 2.99. The van der Waals surface area contributed by atoms with Gasteiger partial charge in [0, 0.05) is 19.0 Å². The van der Waals surface area contributed by atoms with Crippen molar-refractivity contribution < 1.29 is 22.8 Å². The van der Waals surface area contributed by atoms with Gasteiger partial charge in [-0.25, -0.2) is 0 Å². The lowest BCUT2D eigenvalue weighted by Gasteiger charge is -2.23. The van der Waals surface area contributed by atoms with Crippen molar-refractivity contribution in [2.45, 2.75) is 32.2 Å². The number of nitrogens with one attached hydrogen (secondary N) is 1. The SMILES string of the molecule is C=C/C=C\C=C(/CNO[C@@H]1CCCN1C(C)=O)C(F)(F)F. The van der Waals surface area contributed by atoms with Crippen LogP contribution in [0.1, 0.15) is 19.8 Å². The smallest absolute Gasteiger partial charge is 0.315 e. The summed E-state index contributed by atoms with van der Waals surface area (Å²) < 4.78 is 38.3. The second-order valence-electron chi connectivity index (χ2n) is 4.56. The number of rotatable bonds is 6. The van der Waals surface area contributed by atoms with E-state index in [0.29, 0.717) is 13.0 Å². The highest BCUT2D eigenvalue weighted by Crippen LogP contribution is 2.25. The molecular formula is C14H19F3N2O2. The highest BCUT2D eigenvalue weighted by atomic mass is 19.4. The summed E-state index contributed by atoms with van der Waals surface area (Å²) in [4.78, 5) is 18.0. The third-order valence-electron chi connectivity index (χ3n) is 2.99. The summed E-state index contributed by atoms with van der Waals surface area (Å²) in [5, 5.41) is 0. The maximum absolute atomic E-state index is 12.8. The van der Waals surface area contributed by atoms with Crippen LogP contribution in [0.25, 0.3) is 0 Å². The molecule has 1 aliphatic rings. The molecule has 0 aromatic heterocycles. The molecule has 0 aliphatic carbocycles. The molecule has 0 aromatic carbocycles. The van der Waals surface area contributed by atoms with E-state index < -0.39 is 24.5 Å². The van der Waals surface area contributed by atoms with Crippen LogP contribution < -0.4 is 5.48 Å². The topological polar surface area (TPSA) is 41.6 Å². The minimum atomic E-state index is -4.45. The van der Waals surface area contributed by atoms with E-state index in [1.807, 2.05) is 0 Å². The molecule has 1 N–H and O–H groups in total. The van der Waals surface area contributed by atoms with E-state index in [9.17, 15) is 18.0 Å². The Hall–Kier alpha value is -1.60. The Balaban J connectivity index is 2.54. The molecule has 0 unspecified atom stereocenters. The maximum Gasteiger partial charge on any atom is 0.414 e. The van der Waals surface area contributed by atoms with E-state index in [1.165, 1.54) is 30.1 Å². The summed E-state index contributed by atoms with van der Waals surface area (Å²) in [6.07, 6.45) is 1.42. The summed E-state index contributed by atoms with van der Waals surface area (Å²) >= 11 is 0. The fraction of sp³-hybridized carbons (Fsp3) is 0.500. The van der Waals surface area contributed by atoms with Gasteiger partial charge in [-0.05, 0) is 12.8 Å². The lowest BCUT2D eigenvalue weighted by molar-refractivity contribution is -0.148. The first kappa shape index (κ1) is 17.5. The van der Waals surface area contributed by atoms with Crippen LogP contribution in [0.3, 0.4) is 0 Å². The fourth-order valence-electron chi connectivity index (χ4n) is 1.94. The Labute approximate surface area is 121 Å². The number of carbonyl (C=O) groups excluding carboxylic acids is 1. The molecule has 0 bridgehead atoms. The maximum atomic E-state index is 12.8. The molecular weight excluding hydrogens is 285 g/mol. The lowest BCUT2D eigenvalue weighted by Crippen LogP contribution is -2.39. The standard InChI is InChI=1S/C14H19F3N2O2/c1-3-4-5-7-12(14(15,16)17)10-18-21-13-8-6-9-19(13)11(2)20/h3-5,7,13,18H,1,6,8-10H2,2H3/b5-4-,12-7+/t13-/m1/s1. The quantitative estimate of drug-likeness (QED) is 0.606. The van der Waals surface area contributed by atoms with Gasteiger partial charge < -0.3 is 4.90 Å². The second-order valence-corrected chi connectivity index (χ2v) is 4.56. The van der Waals surface area contributed by atoms with Crippen LogP contribution in [0, 0.1) is 0 Å². The molecule has 1 saturated heterocycles. The van der Waals surface area contributed by atoms with Crippen LogP contribution in [0.2, 0.25) is 0 Å². The van der Waals surface area contributed by atoms with Gasteiger partial charge in [0.1, 0.15) is 0 Å². The van der Waals surface area contributed by atoms with Gasteiger partial charge in [0.2, 0.25) is 5.91 Å². The largest absolute Gasteiger partial charge is 0.414 e. The Morgan fingerprint density at radius 2 is 2.19 bits per heavy atom. The minimum absolute atomic E-state index is 0.153. The lowest BCUT2D eigenvalue weighted by atomic mass is 10.2. The van der Waals surface area contributed by atoms with Crippen molar-refractivity contribution in [3.8, 4) is 0 Å². The third kappa shape index (κ3) is 5.73. The van der Waals surface area contributed by atoms with Crippen molar-refractivity contribution in [3.05, 3.63) is 36.5 Å². The molecule has 21 heavy (non-hydrogen) atoms. The first-order chi connectivity index (χ1) is 9.86. The van der Waals surface area contributed by atoms with E-state index >= 15 is 0 Å². The number of nitrogens with zero attached hydrogens (tertiary/aromatic N) is 1. The van der Waals surface area contributed by atoms with Gasteiger partial charge in [0.25, 0.3) is 0 Å². The zero-order valence-electron chi connectivity index (χ0n) is 11.8. The van der Waals surface area contributed by atoms with Crippen molar-refractivity contribution in [1.82, 2.24) is 10.4 Å². The van der Waals surface area contributed by atoms with Crippen LogP contribution in [0.15, 0.2) is 36.5 Å². The van der Waals surface area contributed by atoms with Crippen molar-refractivity contribution in [2.24, 2.45) is 0 Å². The number of alkyl halides is 3. The molecule has 1 atom stereocenters. The molecule has 1 heterocycles. The molecule has 0 saturated carbocycles. The number of carbonyl (C=O) groups is 1. The first-order valence-corrected chi connectivity index (χ1v) is 6.57. The molecule has 0 radical (unpaired) electrons. The first-order valence-electron chi connectivity index (χ1n) is 6.57. The van der Waals surface area contributed by atoms with E-state index in [2.05, 4.69) is 12.1 Å². The molecule has 4 nitrogen and oxygen atoms in total. The summed E-state index contributed by atoms with van der Waals surface area (Å²) in [7, 11) is 0. The molecule has 1 amide bonds. The number of hydrogen-bond donors (Lipinski definition) is 1. The molecule has 118 valence electrons. The monoisotopic (exact) mass is 304 g/mol. The average Bonchev–Trinajstić information content (AvgIpc) is 2.84.